The monoisotopic (exact) mass is 201 g/mol. The second kappa shape index (κ2) is 6.82. The lowest BCUT2D eigenvalue weighted by Crippen LogP contribution is -2.35. The van der Waals surface area contributed by atoms with Crippen molar-refractivity contribution in [3.05, 3.63) is 0 Å². The molecule has 0 bridgehead atoms. The smallest absolute Gasteiger partial charge is 0.222 e. The van der Waals surface area contributed by atoms with Crippen molar-refractivity contribution >= 4 is 5.91 Å². The first kappa shape index (κ1) is 13.4. The summed E-state index contributed by atoms with van der Waals surface area (Å²) in [5.74, 6) is 0.544. The van der Waals surface area contributed by atoms with E-state index < -0.39 is 6.10 Å². The first-order chi connectivity index (χ1) is 6.47. The number of aliphatic hydroxyl groups is 1. The Morgan fingerprint density at radius 2 is 1.93 bits per heavy atom. The summed E-state index contributed by atoms with van der Waals surface area (Å²) in [4.78, 5) is 11.3. The van der Waals surface area contributed by atoms with Gasteiger partial charge in [0, 0.05) is 12.5 Å². The molecule has 0 spiro atoms. The van der Waals surface area contributed by atoms with E-state index in [-0.39, 0.29) is 11.8 Å². The van der Waals surface area contributed by atoms with E-state index in [0.717, 1.165) is 12.8 Å². The molecule has 0 aliphatic heterocycles. The van der Waals surface area contributed by atoms with Gasteiger partial charge in [-0.3, -0.25) is 4.79 Å². The minimum atomic E-state index is -0.414. The highest BCUT2D eigenvalue weighted by atomic mass is 16.3. The molecule has 0 aliphatic carbocycles. The van der Waals surface area contributed by atoms with Crippen LogP contribution in [0.1, 0.15) is 40.5 Å². The van der Waals surface area contributed by atoms with E-state index in [1.54, 1.807) is 0 Å². The summed E-state index contributed by atoms with van der Waals surface area (Å²) >= 11 is 0. The molecule has 3 heteroatoms. The molecule has 2 unspecified atom stereocenters. The van der Waals surface area contributed by atoms with Gasteiger partial charge in [-0.05, 0) is 18.8 Å². The Balaban J connectivity index is 3.66. The maximum atomic E-state index is 11.3. The van der Waals surface area contributed by atoms with Crippen LogP contribution in [0.15, 0.2) is 0 Å². The summed E-state index contributed by atoms with van der Waals surface area (Å²) < 4.78 is 0. The van der Waals surface area contributed by atoms with E-state index in [9.17, 15) is 9.90 Å². The highest BCUT2D eigenvalue weighted by Gasteiger charge is 2.12. The molecule has 2 N–H and O–H groups in total. The quantitative estimate of drug-likeness (QED) is 0.685. The van der Waals surface area contributed by atoms with Crippen molar-refractivity contribution < 1.29 is 9.90 Å². The van der Waals surface area contributed by atoms with Crippen LogP contribution in [0.5, 0.6) is 0 Å². The summed E-state index contributed by atoms with van der Waals surface area (Å²) in [7, 11) is 0. The number of amides is 1. The molecule has 0 fully saturated rings. The zero-order chi connectivity index (χ0) is 11.1. The van der Waals surface area contributed by atoms with Gasteiger partial charge in [-0.1, -0.05) is 27.7 Å². The maximum absolute atomic E-state index is 11.3. The molecule has 0 heterocycles. The highest BCUT2D eigenvalue weighted by Crippen LogP contribution is 2.04. The third kappa shape index (κ3) is 5.97. The van der Waals surface area contributed by atoms with Crippen LogP contribution in [0, 0.1) is 11.8 Å². The van der Waals surface area contributed by atoms with Crippen molar-refractivity contribution in [2.75, 3.05) is 6.54 Å². The van der Waals surface area contributed by atoms with Gasteiger partial charge in [-0.2, -0.15) is 0 Å². The molecule has 0 saturated heterocycles. The fourth-order valence-electron chi connectivity index (χ4n) is 1.21. The van der Waals surface area contributed by atoms with Gasteiger partial charge in [0.1, 0.15) is 0 Å². The summed E-state index contributed by atoms with van der Waals surface area (Å²) in [6, 6.07) is 0. The van der Waals surface area contributed by atoms with E-state index in [1.165, 1.54) is 0 Å². The normalized spacial score (nSPS) is 15.3. The Labute approximate surface area is 86.9 Å². The minimum absolute atomic E-state index is 0.0373. The van der Waals surface area contributed by atoms with Crippen LogP contribution in [0.2, 0.25) is 0 Å². The van der Waals surface area contributed by atoms with Crippen LogP contribution >= 0.6 is 0 Å². The Kier molecular flexibility index (Phi) is 6.54. The van der Waals surface area contributed by atoms with Crippen molar-refractivity contribution in [1.82, 2.24) is 5.32 Å². The number of aliphatic hydroxyl groups excluding tert-OH is 1. The van der Waals surface area contributed by atoms with Crippen molar-refractivity contribution in [2.45, 2.75) is 46.6 Å². The maximum Gasteiger partial charge on any atom is 0.222 e. The molecule has 0 aromatic heterocycles. The largest absolute Gasteiger partial charge is 0.391 e. The summed E-state index contributed by atoms with van der Waals surface area (Å²) in [6.45, 7) is 8.36. The molecular weight excluding hydrogens is 178 g/mol. The first-order valence-electron chi connectivity index (χ1n) is 5.43. The molecule has 0 aliphatic rings. The minimum Gasteiger partial charge on any atom is -0.391 e. The highest BCUT2D eigenvalue weighted by molar-refractivity contribution is 5.78. The van der Waals surface area contributed by atoms with Gasteiger partial charge in [0.15, 0.2) is 0 Å². The van der Waals surface area contributed by atoms with Gasteiger partial charge in [0.2, 0.25) is 5.91 Å². The van der Waals surface area contributed by atoms with Crippen molar-refractivity contribution in [3.8, 4) is 0 Å². The number of rotatable bonds is 6. The molecule has 14 heavy (non-hydrogen) atoms. The van der Waals surface area contributed by atoms with Crippen LogP contribution in [0.3, 0.4) is 0 Å². The van der Waals surface area contributed by atoms with E-state index in [1.807, 2.05) is 13.8 Å². The molecule has 0 radical (unpaired) electrons. The Morgan fingerprint density at radius 1 is 1.36 bits per heavy atom. The number of carbonyl (C=O) groups is 1. The molecule has 0 saturated carbocycles. The second-order valence-electron chi connectivity index (χ2n) is 4.34. The number of carbonyl (C=O) groups excluding carboxylic acids is 1. The molecule has 2 atom stereocenters. The average molecular weight is 201 g/mol. The summed E-state index contributed by atoms with van der Waals surface area (Å²) in [5.41, 5.74) is 0. The van der Waals surface area contributed by atoms with Gasteiger partial charge in [0.25, 0.3) is 0 Å². The molecule has 0 aromatic rings. The van der Waals surface area contributed by atoms with Crippen molar-refractivity contribution in [1.29, 1.82) is 0 Å². The van der Waals surface area contributed by atoms with Crippen molar-refractivity contribution in [3.63, 3.8) is 0 Å². The van der Waals surface area contributed by atoms with E-state index in [4.69, 9.17) is 0 Å². The summed E-state index contributed by atoms with van der Waals surface area (Å²) in [5, 5.41) is 12.3. The van der Waals surface area contributed by atoms with Crippen LogP contribution in [0.4, 0.5) is 0 Å². The molecule has 1 amide bonds. The lowest BCUT2D eigenvalue weighted by molar-refractivity contribution is -0.125. The van der Waals surface area contributed by atoms with Gasteiger partial charge >= 0.3 is 0 Å². The van der Waals surface area contributed by atoms with Gasteiger partial charge in [-0.25, -0.2) is 0 Å². The third-order valence-electron chi connectivity index (χ3n) is 2.32. The first-order valence-corrected chi connectivity index (χ1v) is 5.43. The zero-order valence-electron chi connectivity index (χ0n) is 9.71. The topological polar surface area (TPSA) is 49.3 Å². The fourth-order valence-corrected chi connectivity index (χ4v) is 1.21. The van der Waals surface area contributed by atoms with Gasteiger partial charge < -0.3 is 10.4 Å². The lowest BCUT2D eigenvalue weighted by Gasteiger charge is -2.15. The molecule has 3 nitrogen and oxygen atoms in total. The number of hydrogen-bond donors (Lipinski definition) is 2. The molecule has 0 aromatic carbocycles. The van der Waals surface area contributed by atoms with Gasteiger partial charge in [0.05, 0.1) is 6.10 Å². The zero-order valence-corrected chi connectivity index (χ0v) is 9.71. The van der Waals surface area contributed by atoms with E-state index >= 15 is 0 Å². The Hall–Kier alpha value is -0.570. The third-order valence-corrected chi connectivity index (χ3v) is 2.32. The Morgan fingerprint density at radius 3 is 2.36 bits per heavy atom. The number of hydrogen-bond acceptors (Lipinski definition) is 2. The standard InChI is InChI=1S/C11H23NO2/c1-5-9(4)11(14)12-7-10(13)6-8(2)3/h8-10,13H,5-7H2,1-4H3,(H,12,14). The second-order valence-corrected chi connectivity index (χ2v) is 4.34. The number of nitrogens with one attached hydrogen (secondary N) is 1. The van der Waals surface area contributed by atoms with Crippen LogP contribution < -0.4 is 5.32 Å². The van der Waals surface area contributed by atoms with Crippen molar-refractivity contribution in [2.24, 2.45) is 11.8 Å². The lowest BCUT2D eigenvalue weighted by atomic mass is 10.1. The van der Waals surface area contributed by atoms with E-state index in [2.05, 4.69) is 19.2 Å². The van der Waals surface area contributed by atoms with E-state index in [0.29, 0.717) is 12.5 Å². The SMILES string of the molecule is CCC(C)C(=O)NCC(O)CC(C)C. The van der Waals surface area contributed by atoms with Gasteiger partial charge in [-0.15, -0.1) is 0 Å². The average Bonchev–Trinajstić information content (AvgIpc) is 2.11. The predicted octanol–water partition coefficient (Wildman–Crippen LogP) is 1.56. The molecule has 84 valence electrons. The molecular formula is C11H23NO2. The van der Waals surface area contributed by atoms with Crippen LogP contribution in [-0.4, -0.2) is 23.7 Å². The fraction of sp³-hybridized carbons (Fsp3) is 0.909. The van der Waals surface area contributed by atoms with Crippen LogP contribution in [-0.2, 0) is 4.79 Å². The Bertz CT molecular complexity index is 169. The summed E-state index contributed by atoms with van der Waals surface area (Å²) in [6.07, 6.45) is 1.16. The predicted molar refractivity (Wildman–Crippen MR) is 57.9 cm³/mol. The van der Waals surface area contributed by atoms with Crippen LogP contribution in [0.25, 0.3) is 0 Å². The molecule has 0 rings (SSSR count).